The van der Waals surface area contributed by atoms with Crippen LogP contribution < -0.4 is 5.32 Å². The average Bonchev–Trinajstić information content (AvgIpc) is 2.22. The van der Waals surface area contributed by atoms with E-state index in [9.17, 15) is 4.79 Å². The largest absolute Gasteiger partial charge is 0.478 e. The number of hydrogen-bond acceptors (Lipinski definition) is 4. The van der Waals surface area contributed by atoms with Crippen LogP contribution in [-0.4, -0.2) is 49.1 Å². The Bertz CT molecular complexity index is 215. The van der Waals surface area contributed by atoms with E-state index in [0.29, 0.717) is 25.1 Å². The number of aliphatic hydroxyl groups is 1. The predicted molar refractivity (Wildman–Crippen MR) is 56.8 cm³/mol. The van der Waals surface area contributed by atoms with Crippen LogP contribution in [-0.2, 0) is 9.53 Å². The molecule has 0 aliphatic rings. The van der Waals surface area contributed by atoms with Crippen molar-refractivity contribution in [3.8, 4) is 0 Å². The van der Waals surface area contributed by atoms with Crippen LogP contribution in [0.1, 0.15) is 13.3 Å². The fraction of sp³-hybridized carbons (Fsp3) is 0.700. The van der Waals surface area contributed by atoms with Crippen LogP contribution in [0.4, 0.5) is 0 Å². The van der Waals surface area contributed by atoms with Gasteiger partial charge in [-0.2, -0.15) is 0 Å². The summed E-state index contributed by atoms with van der Waals surface area (Å²) in [6.45, 7) is 2.58. The van der Waals surface area contributed by atoms with Gasteiger partial charge in [0.25, 0.3) is 0 Å². The molecule has 5 nitrogen and oxygen atoms in total. The number of carbonyl (C=O) groups is 1. The molecule has 0 aromatic carbocycles. The molecule has 1 unspecified atom stereocenters. The minimum absolute atomic E-state index is 0.0315. The monoisotopic (exact) mass is 217 g/mol. The van der Waals surface area contributed by atoms with Crippen LogP contribution in [0.25, 0.3) is 0 Å². The number of hydrogen-bond donors (Lipinski definition) is 3. The van der Waals surface area contributed by atoms with Crippen LogP contribution in [0.5, 0.6) is 0 Å². The second kappa shape index (κ2) is 8.40. The fourth-order valence-corrected chi connectivity index (χ4v) is 1.11. The third kappa shape index (κ3) is 6.22. The lowest BCUT2D eigenvalue weighted by atomic mass is 10.2. The number of nitrogens with one attached hydrogen (secondary N) is 1. The molecule has 0 radical (unpaired) electrons. The van der Waals surface area contributed by atoms with E-state index in [1.165, 1.54) is 0 Å². The Morgan fingerprint density at radius 1 is 1.60 bits per heavy atom. The molecule has 0 aliphatic carbocycles. The number of carboxylic acids is 1. The van der Waals surface area contributed by atoms with Crippen molar-refractivity contribution in [1.29, 1.82) is 0 Å². The quantitative estimate of drug-likeness (QED) is 0.499. The van der Waals surface area contributed by atoms with Gasteiger partial charge in [0.2, 0.25) is 0 Å². The van der Waals surface area contributed by atoms with Crippen molar-refractivity contribution in [1.82, 2.24) is 5.32 Å². The molecule has 15 heavy (non-hydrogen) atoms. The summed E-state index contributed by atoms with van der Waals surface area (Å²) in [5.74, 6) is -0.897. The highest BCUT2D eigenvalue weighted by molar-refractivity contribution is 5.86. The van der Waals surface area contributed by atoms with Gasteiger partial charge in [0.1, 0.15) is 0 Å². The first-order valence-electron chi connectivity index (χ1n) is 4.91. The smallest absolute Gasteiger partial charge is 0.331 e. The summed E-state index contributed by atoms with van der Waals surface area (Å²) in [6, 6.07) is -0.154. The Balaban J connectivity index is 3.97. The van der Waals surface area contributed by atoms with Crippen molar-refractivity contribution in [3.63, 3.8) is 0 Å². The first-order valence-corrected chi connectivity index (χ1v) is 4.91. The Hall–Kier alpha value is -0.910. The van der Waals surface area contributed by atoms with Crippen LogP contribution in [0.2, 0.25) is 0 Å². The Morgan fingerprint density at radius 2 is 2.27 bits per heavy atom. The van der Waals surface area contributed by atoms with Crippen molar-refractivity contribution in [2.75, 3.05) is 26.9 Å². The minimum atomic E-state index is -0.897. The average molecular weight is 217 g/mol. The molecular weight excluding hydrogens is 198 g/mol. The van der Waals surface area contributed by atoms with Gasteiger partial charge < -0.3 is 20.3 Å². The summed E-state index contributed by atoms with van der Waals surface area (Å²) in [7, 11) is 1.55. The van der Waals surface area contributed by atoms with E-state index in [-0.39, 0.29) is 12.6 Å². The molecule has 0 aromatic heterocycles. The highest BCUT2D eigenvalue weighted by Gasteiger charge is 2.06. The zero-order chi connectivity index (χ0) is 11.7. The Kier molecular flexibility index (Phi) is 7.89. The highest BCUT2D eigenvalue weighted by Crippen LogP contribution is 1.99. The van der Waals surface area contributed by atoms with Gasteiger partial charge in [-0.15, -0.1) is 0 Å². The summed E-state index contributed by atoms with van der Waals surface area (Å²) in [5.41, 5.74) is 0.372. The Morgan fingerprint density at radius 3 is 2.67 bits per heavy atom. The first kappa shape index (κ1) is 14.1. The molecule has 0 saturated carbocycles. The molecule has 0 rings (SSSR count). The third-order valence-corrected chi connectivity index (χ3v) is 2.00. The molecule has 1 atom stereocenters. The lowest BCUT2D eigenvalue weighted by Crippen LogP contribution is -2.36. The highest BCUT2D eigenvalue weighted by atomic mass is 16.5. The molecule has 5 heteroatoms. The molecule has 3 N–H and O–H groups in total. The SMILES string of the molecule is CCC(=CCNC(CO)COC)C(=O)O. The van der Waals surface area contributed by atoms with Crippen molar-refractivity contribution < 1.29 is 19.7 Å². The molecule has 0 amide bonds. The van der Waals surface area contributed by atoms with Gasteiger partial charge in [-0.25, -0.2) is 4.79 Å². The molecule has 0 heterocycles. The second-order valence-electron chi connectivity index (χ2n) is 3.13. The molecule has 0 fully saturated rings. The summed E-state index contributed by atoms with van der Waals surface area (Å²) >= 11 is 0. The van der Waals surface area contributed by atoms with E-state index in [4.69, 9.17) is 14.9 Å². The van der Waals surface area contributed by atoms with E-state index < -0.39 is 5.97 Å². The van der Waals surface area contributed by atoms with Crippen molar-refractivity contribution in [2.45, 2.75) is 19.4 Å². The van der Waals surface area contributed by atoms with Gasteiger partial charge in [0, 0.05) is 19.2 Å². The predicted octanol–water partition coefficient (Wildman–Crippen LogP) is 0.00430. The number of ether oxygens (including phenoxy) is 1. The summed E-state index contributed by atoms with van der Waals surface area (Å²) in [4.78, 5) is 10.6. The number of carboxylic acid groups (broad SMARTS) is 1. The second-order valence-corrected chi connectivity index (χ2v) is 3.13. The molecule has 0 aromatic rings. The van der Waals surface area contributed by atoms with E-state index >= 15 is 0 Å². The van der Waals surface area contributed by atoms with Gasteiger partial charge in [0.15, 0.2) is 0 Å². The van der Waals surface area contributed by atoms with Crippen molar-refractivity contribution in [2.24, 2.45) is 0 Å². The molecule has 88 valence electrons. The lowest BCUT2D eigenvalue weighted by molar-refractivity contribution is -0.132. The van der Waals surface area contributed by atoms with Crippen molar-refractivity contribution in [3.05, 3.63) is 11.6 Å². The third-order valence-electron chi connectivity index (χ3n) is 2.00. The van der Waals surface area contributed by atoms with Crippen LogP contribution >= 0.6 is 0 Å². The van der Waals surface area contributed by atoms with Crippen molar-refractivity contribution >= 4 is 5.97 Å². The number of methoxy groups -OCH3 is 1. The first-order chi connectivity index (χ1) is 7.15. The van der Waals surface area contributed by atoms with E-state index in [2.05, 4.69) is 5.32 Å². The number of aliphatic carboxylic acids is 1. The molecule has 0 bridgehead atoms. The van der Waals surface area contributed by atoms with E-state index in [1.807, 2.05) is 0 Å². The molecule has 0 saturated heterocycles. The van der Waals surface area contributed by atoms with Crippen LogP contribution in [0.3, 0.4) is 0 Å². The maximum absolute atomic E-state index is 10.6. The fourth-order valence-electron chi connectivity index (χ4n) is 1.11. The van der Waals surface area contributed by atoms with Crippen LogP contribution in [0.15, 0.2) is 11.6 Å². The number of aliphatic hydroxyl groups excluding tert-OH is 1. The van der Waals surface area contributed by atoms with Gasteiger partial charge in [-0.05, 0) is 6.42 Å². The summed E-state index contributed by atoms with van der Waals surface area (Å²) in [6.07, 6.45) is 2.10. The maximum Gasteiger partial charge on any atom is 0.331 e. The topological polar surface area (TPSA) is 78.8 Å². The lowest BCUT2D eigenvalue weighted by Gasteiger charge is -2.13. The minimum Gasteiger partial charge on any atom is -0.478 e. The maximum atomic E-state index is 10.6. The molecule has 0 aliphatic heterocycles. The normalized spacial score (nSPS) is 13.9. The van der Waals surface area contributed by atoms with Gasteiger partial charge >= 0.3 is 5.97 Å². The summed E-state index contributed by atoms with van der Waals surface area (Å²) in [5, 5.41) is 20.6. The zero-order valence-electron chi connectivity index (χ0n) is 9.19. The van der Waals surface area contributed by atoms with Gasteiger partial charge in [0.05, 0.1) is 19.3 Å². The van der Waals surface area contributed by atoms with E-state index in [0.717, 1.165) is 0 Å². The zero-order valence-corrected chi connectivity index (χ0v) is 9.19. The molecular formula is C10H19NO4. The number of rotatable bonds is 8. The van der Waals surface area contributed by atoms with Crippen LogP contribution in [0, 0.1) is 0 Å². The molecule has 0 spiro atoms. The van der Waals surface area contributed by atoms with E-state index in [1.54, 1.807) is 20.1 Å². The Labute approximate surface area is 89.7 Å². The summed E-state index contributed by atoms with van der Waals surface area (Å²) < 4.78 is 4.87. The van der Waals surface area contributed by atoms with Gasteiger partial charge in [-0.3, -0.25) is 0 Å². The van der Waals surface area contributed by atoms with Gasteiger partial charge in [-0.1, -0.05) is 13.0 Å². The standard InChI is InChI=1S/C10H19NO4/c1-3-8(10(13)14)4-5-11-9(6-12)7-15-2/h4,9,11-12H,3,5-7H2,1-2H3,(H,13,14).